The first-order valence-corrected chi connectivity index (χ1v) is 4.29. The second-order valence-electron chi connectivity index (χ2n) is 4.03. The fourth-order valence-corrected chi connectivity index (χ4v) is 1.99. The molecule has 4 unspecified atom stereocenters. The van der Waals surface area contributed by atoms with E-state index in [0.29, 0.717) is 6.42 Å². The maximum atomic E-state index is 9.52. The van der Waals surface area contributed by atoms with Gasteiger partial charge in [0.25, 0.3) is 0 Å². The summed E-state index contributed by atoms with van der Waals surface area (Å²) in [5, 5.41) is 9.52. The van der Waals surface area contributed by atoms with Crippen LogP contribution in [0.5, 0.6) is 0 Å². The number of aliphatic hydroxyl groups is 1. The molecule has 0 aromatic rings. The highest BCUT2D eigenvalue weighted by Crippen LogP contribution is 2.37. The van der Waals surface area contributed by atoms with Crippen LogP contribution in [-0.4, -0.2) is 35.2 Å². The molecule has 0 bridgehead atoms. The lowest BCUT2D eigenvalue weighted by Gasteiger charge is -2.20. The van der Waals surface area contributed by atoms with E-state index >= 15 is 0 Å². The first-order chi connectivity index (χ1) is 5.49. The highest BCUT2D eigenvalue weighted by molar-refractivity contribution is 5.00. The molecule has 0 aromatic carbocycles. The zero-order valence-electron chi connectivity index (χ0n) is 7.36. The summed E-state index contributed by atoms with van der Waals surface area (Å²) in [4.78, 5) is 0. The van der Waals surface area contributed by atoms with Gasteiger partial charge in [-0.1, -0.05) is 0 Å². The predicted octanol–water partition coefficient (Wildman–Crippen LogP) is -0.402. The first-order valence-electron chi connectivity index (χ1n) is 4.29. The number of nitrogens with two attached hydrogens (primary N) is 1. The molecular formula is C8H15NO3. The van der Waals surface area contributed by atoms with Crippen LogP contribution in [0, 0.1) is 0 Å². The second-order valence-corrected chi connectivity index (χ2v) is 4.03. The van der Waals surface area contributed by atoms with Gasteiger partial charge in [0.05, 0.1) is 6.10 Å². The minimum Gasteiger partial charge on any atom is -0.390 e. The Labute approximate surface area is 71.6 Å². The Morgan fingerprint density at radius 2 is 1.92 bits per heavy atom. The van der Waals surface area contributed by atoms with Crippen molar-refractivity contribution < 1.29 is 14.6 Å². The number of fused-ring (bicyclic) bond motifs is 1. The third kappa shape index (κ3) is 1.15. The summed E-state index contributed by atoms with van der Waals surface area (Å²) in [6.45, 7) is 3.68. The van der Waals surface area contributed by atoms with E-state index in [1.807, 2.05) is 13.8 Å². The lowest BCUT2D eigenvalue weighted by atomic mass is 10.2. The van der Waals surface area contributed by atoms with E-state index < -0.39 is 11.9 Å². The van der Waals surface area contributed by atoms with E-state index in [-0.39, 0.29) is 18.2 Å². The highest BCUT2D eigenvalue weighted by atomic mass is 16.8. The summed E-state index contributed by atoms with van der Waals surface area (Å²) < 4.78 is 11.1. The molecule has 1 saturated heterocycles. The SMILES string of the molecule is CC1(C)OC2C(N)CC(O)C2O1. The van der Waals surface area contributed by atoms with Gasteiger partial charge in [-0.3, -0.25) is 0 Å². The van der Waals surface area contributed by atoms with E-state index in [9.17, 15) is 5.11 Å². The van der Waals surface area contributed by atoms with Gasteiger partial charge >= 0.3 is 0 Å². The Hall–Kier alpha value is -0.160. The molecule has 1 saturated carbocycles. The molecule has 0 spiro atoms. The second kappa shape index (κ2) is 2.42. The van der Waals surface area contributed by atoms with Crippen LogP contribution in [0.4, 0.5) is 0 Å². The van der Waals surface area contributed by atoms with E-state index in [2.05, 4.69) is 0 Å². The molecule has 12 heavy (non-hydrogen) atoms. The largest absolute Gasteiger partial charge is 0.390 e. The molecule has 0 aromatic heterocycles. The lowest BCUT2D eigenvalue weighted by molar-refractivity contribution is -0.163. The van der Waals surface area contributed by atoms with Gasteiger partial charge in [0, 0.05) is 6.04 Å². The lowest BCUT2D eigenvalue weighted by Crippen LogP contribution is -2.35. The fourth-order valence-electron chi connectivity index (χ4n) is 1.99. The average molecular weight is 173 g/mol. The van der Waals surface area contributed by atoms with Crippen molar-refractivity contribution in [2.24, 2.45) is 5.73 Å². The molecule has 2 rings (SSSR count). The standard InChI is InChI=1S/C8H15NO3/c1-8(2)11-6-4(9)3-5(10)7(6)12-8/h4-7,10H,3,9H2,1-2H3. The van der Waals surface area contributed by atoms with Gasteiger partial charge < -0.3 is 20.3 Å². The zero-order chi connectivity index (χ0) is 8.93. The van der Waals surface area contributed by atoms with E-state index in [1.54, 1.807) is 0 Å². The average Bonchev–Trinajstić information content (AvgIpc) is 2.34. The predicted molar refractivity (Wildman–Crippen MR) is 42.4 cm³/mol. The van der Waals surface area contributed by atoms with Crippen molar-refractivity contribution >= 4 is 0 Å². The van der Waals surface area contributed by atoms with Crippen LogP contribution in [-0.2, 0) is 9.47 Å². The molecule has 4 heteroatoms. The van der Waals surface area contributed by atoms with Crippen molar-refractivity contribution in [3.8, 4) is 0 Å². The highest BCUT2D eigenvalue weighted by Gasteiger charge is 2.52. The Morgan fingerprint density at radius 3 is 2.50 bits per heavy atom. The summed E-state index contributed by atoms with van der Waals surface area (Å²) in [7, 11) is 0. The van der Waals surface area contributed by atoms with E-state index in [0.717, 1.165) is 0 Å². The Bertz CT molecular complexity index is 177. The fraction of sp³-hybridized carbons (Fsp3) is 1.00. The van der Waals surface area contributed by atoms with Gasteiger partial charge in [-0.25, -0.2) is 0 Å². The van der Waals surface area contributed by atoms with Crippen molar-refractivity contribution in [3.63, 3.8) is 0 Å². The van der Waals surface area contributed by atoms with Crippen LogP contribution >= 0.6 is 0 Å². The minimum absolute atomic E-state index is 0.0909. The normalized spacial score (nSPS) is 51.0. The van der Waals surface area contributed by atoms with Crippen LogP contribution in [0.1, 0.15) is 20.3 Å². The molecule has 70 valence electrons. The number of hydrogen-bond acceptors (Lipinski definition) is 4. The van der Waals surface area contributed by atoms with Crippen molar-refractivity contribution in [1.82, 2.24) is 0 Å². The maximum absolute atomic E-state index is 9.52. The van der Waals surface area contributed by atoms with Gasteiger partial charge in [0.1, 0.15) is 12.2 Å². The van der Waals surface area contributed by atoms with Crippen LogP contribution in [0.2, 0.25) is 0 Å². The summed E-state index contributed by atoms with van der Waals surface area (Å²) in [6, 6.07) is -0.0909. The van der Waals surface area contributed by atoms with Crippen molar-refractivity contribution in [2.45, 2.75) is 50.4 Å². The number of ether oxygens (including phenoxy) is 2. The summed E-state index contributed by atoms with van der Waals surface area (Å²) in [5.74, 6) is -0.589. The molecule has 2 fully saturated rings. The van der Waals surface area contributed by atoms with E-state index in [4.69, 9.17) is 15.2 Å². The number of rotatable bonds is 0. The molecule has 4 nitrogen and oxygen atoms in total. The molecule has 0 radical (unpaired) electrons. The Morgan fingerprint density at radius 1 is 1.33 bits per heavy atom. The summed E-state index contributed by atoms with van der Waals surface area (Å²) >= 11 is 0. The Kier molecular flexibility index (Phi) is 1.70. The van der Waals surface area contributed by atoms with Crippen molar-refractivity contribution in [2.75, 3.05) is 0 Å². The van der Waals surface area contributed by atoms with Crippen LogP contribution in [0.3, 0.4) is 0 Å². The molecule has 4 atom stereocenters. The van der Waals surface area contributed by atoms with E-state index in [1.165, 1.54) is 0 Å². The Balaban J connectivity index is 2.15. The van der Waals surface area contributed by atoms with Gasteiger partial charge in [0.15, 0.2) is 5.79 Å². The van der Waals surface area contributed by atoms with Crippen LogP contribution in [0.25, 0.3) is 0 Å². The topological polar surface area (TPSA) is 64.7 Å². The minimum atomic E-state index is -0.589. The molecule has 1 heterocycles. The van der Waals surface area contributed by atoms with Crippen molar-refractivity contribution in [1.29, 1.82) is 0 Å². The number of aliphatic hydroxyl groups excluding tert-OH is 1. The summed E-state index contributed by atoms with van der Waals surface area (Å²) in [5.41, 5.74) is 5.77. The molecule has 1 aliphatic heterocycles. The third-order valence-corrected chi connectivity index (χ3v) is 2.48. The number of hydrogen-bond donors (Lipinski definition) is 2. The van der Waals surface area contributed by atoms with Crippen molar-refractivity contribution in [3.05, 3.63) is 0 Å². The first kappa shape index (κ1) is 8.44. The molecule has 3 N–H and O–H groups in total. The quantitative estimate of drug-likeness (QED) is 0.523. The third-order valence-electron chi connectivity index (χ3n) is 2.48. The zero-order valence-corrected chi connectivity index (χ0v) is 7.36. The van der Waals surface area contributed by atoms with Crippen LogP contribution < -0.4 is 5.73 Å². The van der Waals surface area contributed by atoms with Gasteiger partial charge in [0.2, 0.25) is 0 Å². The van der Waals surface area contributed by atoms with Gasteiger partial charge in [-0.15, -0.1) is 0 Å². The van der Waals surface area contributed by atoms with Gasteiger partial charge in [-0.2, -0.15) is 0 Å². The molecule has 0 amide bonds. The summed E-state index contributed by atoms with van der Waals surface area (Å²) in [6.07, 6.45) is -0.248. The monoisotopic (exact) mass is 173 g/mol. The van der Waals surface area contributed by atoms with Crippen LogP contribution in [0.15, 0.2) is 0 Å². The van der Waals surface area contributed by atoms with Gasteiger partial charge in [-0.05, 0) is 20.3 Å². The molecule has 1 aliphatic carbocycles. The maximum Gasteiger partial charge on any atom is 0.163 e. The molecular weight excluding hydrogens is 158 g/mol. The smallest absolute Gasteiger partial charge is 0.163 e. The molecule has 2 aliphatic rings.